The third-order valence-corrected chi connectivity index (χ3v) is 3.36. The number of anilines is 1. The summed E-state index contributed by atoms with van der Waals surface area (Å²) in [5.41, 5.74) is 1.88. The van der Waals surface area contributed by atoms with Crippen molar-refractivity contribution in [3.63, 3.8) is 0 Å². The van der Waals surface area contributed by atoms with Gasteiger partial charge in [0.05, 0.1) is 10.6 Å². The summed E-state index contributed by atoms with van der Waals surface area (Å²) >= 11 is 6.00. The third kappa shape index (κ3) is 2.99. The minimum atomic E-state index is -0.257. The van der Waals surface area contributed by atoms with Gasteiger partial charge in [0.15, 0.2) is 0 Å². The Morgan fingerprint density at radius 1 is 1.09 bits per heavy atom. The van der Waals surface area contributed by atoms with Gasteiger partial charge >= 0.3 is 0 Å². The fraction of sp³-hybridized carbons (Fsp3) is 0.0625. The largest absolute Gasteiger partial charge is 0.421 e. The molecule has 22 heavy (non-hydrogen) atoms. The Balaban J connectivity index is 1.76. The molecule has 110 valence electrons. The van der Waals surface area contributed by atoms with Crippen LogP contribution in [0.2, 0.25) is 5.02 Å². The molecule has 1 N–H and O–H groups in total. The highest BCUT2D eigenvalue weighted by atomic mass is 35.5. The average Bonchev–Trinajstić information content (AvgIpc) is 2.95. The smallest absolute Gasteiger partial charge is 0.257 e. The van der Waals surface area contributed by atoms with E-state index in [0.717, 1.165) is 5.56 Å². The average molecular weight is 314 g/mol. The molecule has 1 aromatic heterocycles. The number of hydrogen-bond donors (Lipinski definition) is 1. The third-order valence-electron chi connectivity index (χ3n) is 3.03. The second-order valence-electron chi connectivity index (χ2n) is 4.64. The van der Waals surface area contributed by atoms with Crippen molar-refractivity contribution in [2.45, 2.75) is 6.92 Å². The number of hydrogen-bond acceptors (Lipinski definition) is 4. The van der Waals surface area contributed by atoms with Crippen LogP contribution in [0.5, 0.6) is 0 Å². The van der Waals surface area contributed by atoms with Crippen molar-refractivity contribution in [2.24, 2.45) is 0 Å². The summed E-state index contributed by atoms with van der Waals surface area (Å²) in [6, 6.07) is 14.0. The minimum Gasteiger partial charge on any atom is -0.421 e. The molecule has 0 aliphatic rings. The van der Waals surface area contributed by atoms with Gasteiger partial charge in [0.2, 0.25) is 11.8 Å². The first-order valence-corrected chi connectivity index (χ1v) is 6.98. The molecule has 0 radical (unpaired) electrons. The number of rotatable bonds is 3. The van der Waals surface area contributed by atoms with Gasteiger partial charge < -0.3 is 9.73 Å². The SMILES string of the molecule is Cc1nnc(-c2ccc(NC(=O)c3ccccc3Cl)cc2)o1. The van der Waals surface area contributed by atoms with E-state index >= 15 is 0 Å². The molecule has 0 aliphatic heterocycles. The molecule has 3 aromatic rings. The zero-order valence-electron chi connectivity index (χ0n) is 11.7. The Labute approximate surface area is 131 Å². The Morgan fingerprint density at radius 3 is 2.45 bits per heavy atom. The Bertz CT molecular complexity index is 812. The molecule has 1 amide bonds. The molecule has 0 aliphatic carbocycles. The highest BCUT2D eigenvalue weighted by molar-refractivity contribution is 6.34. The Kier molecular flexibility index (Phi) is 3.89. The molecule has 3 rings (SSSR count). The van der Waals surface area contributed by atoms with Crippen LogP contribution in [0.15, 0.2) is 52.9 Å². The van der Waals surface area contributed by atoms with Crippen LogP contribution in [0.4, 0.5) is 5.69 Å². The van der Waals surface area contributed by atoms with E-state index in [0.29, 0.717) is 28.1 Å². The van der Waals surface area contributed by atoms with E-state index < -0.39 is 0 Å². The second kappa shape index (κ2) is 5.99. The minimum absolute atomic E-state index is 0.257. The molecule has 2 aromatic carbocycles. The normalized spacial score (nSPS) is 10.5. The summed E-state index contributed by atoms with van der Waals surface area (Å²) in [4.78, 5) is 12.2. The monoisotopic (exact) mass is 313 g/mol. The van der Waals surface area contributed by atoms with E-state index in [1.807, 2.05) is 0 Å². The summed E-state index contributed by atoms with van der Waals surface area (Å²) in [7, 11) is 0. The summed E-state index contributed by atoms with van der Waals surface area (Å²) in [6.45, 7) is 1.73. The molecule has 0 atom stereocenters. The number of carbonyl (C=O) groups excluding carboxylic acids is 1. The number of nitrogens with one attached hydrogen (secondary N) is 1. The topological polar surface area (TPSA) is 68.0 Å². The predicted molar refractivity (Wildman–Crippen MR) is 83.9 cm³/mol. The maximum atomic E-state index is 12.2. The van der Waals surface area contributed by atoms with Gasteiger partial charge in [0.25, 0.3) is 5.91 Å². The molecule has 1 heterocycles. The summed E-state index contributed by atoms with van der Waals surface area (Å²) in [5.74, 6) is 0.694. The fourth-order valence-corrected chi connectivity index (χ4v) is 2.17. The number of aromatic nitrogens is 2. The quantitative estimate of drug-likeness (QED) is 0.795. The molecular weight excluding hydrogens is 302 g/mol. The predicted octanol–water partition coefficient (Wildman–Crippen LogP) is 3.95. The fourth-order valence-electron chi connectivity index (χ4n) is 1.95. The van der Waals surface area contributed by atoms with E-state index in [2.05, 4.69) is 15.5 Å². The summed E-state index contributed by atoms with van der Waals surface area (Å²) in [6.07, 6.45) is 0. The first-order chi connectivity index (χ1) is 10.6. The van der Waals surface area contributed by atoms with Crippen LogP contribution >= 0.6 is 11.6 Å². The summed E-state index contributed by atoms with van der Waals surface area (Å²) in [5, 5.41) is 10.9. The van der Waals surface area contributed by atoms with Crippen LogP contribution in [0.25, 0.3) is 11.5 Å². The molecule has 0 bridgehead atoms. The van der Waals surface area contributed by atoms with E-state index in [1.54, 1.807) is 55.5 Å². The van der Waals surface area contributed by atoms with Gasteiger partial charge in [-0.25, -0.2) is 0 Å². The van der Waals surface area contributed by atoms with Crippen molar-refractivity contribution in [1.82, 2.24) is 10.2 Å². The van der Waals surface area contributed by atoms with Gasteiger partial charge in [-0.3, -0.25) is 4.79 Å². The summed E-state index contributed by atoms with van der Waals surface area (Å²) < 4.78 is 5.35. The molecule has 0 fully saturated rings. The van der Waals surface area contributed by atoms with Gasteiger partial charge in [0, 0.05) is 18.2 Å². The van der Waals surface area contributed by atoms with E-state index in [-0.39, 0.29) is 5.91 Å². The Morgan fingerprint density at radius 2 is 1.82 bits per heavy atom. The van der Waals surface area contributed by atoms with E-state index in [1.165, 1.54) is 0 Å². The lowest BCUT2D eigenvalue weighted by Gasteiger charge is -2.07. The molecule has 0 unspecified atom stereocenters. The molecule has 0 saturated carbocycles. The number of nitrogens with zero attached hydrogens (tertiary/aromatic N) is 2. The maximum absolute atomic E-state index is 12.2. The van der Waals surface area contributed by atoms with Crippen LogP contribution in [-0.4, -0.2) is 16.1 Å². The van der Waals surface area contributed by atoms with Gasteiger partial charge in [0.1, 0.15) is 0 Å². The van der Waals surface area contributed by atoms with E-state index in [4.69, 9.17) is 16.0 Å². The molecule has 0 spiro atoms. The highest BCUT2D eigenvalue weighted by Crippen LogP contribution is 2.21. The van der Waals surface area contributed by atoms with Crippen LogP contribution in [0, 0.1) is 6.92 Å². The van der Waals surface area contributed by atoms with Gasteiger partial charge in [-0.2, -0.15) is 0 Å². The van der Waals surface area contributed by atoms with E-state index in [9.17, 15) is 4.79 Å². The zero-order valence-corrected chi connectivity index (χ0v) is 12.5. The molecule has 0 saturated heterocycles. The maximum Gasteiger partial charge on any atom is 0.257 e. The van der Waals surface area contributed by atoms with Gasteiger partial charge in [-0.05, 0) is 36.4 Å². The first-order valence-electron chi connectivity index (χ1n) is 6.60. The van der Waals surface area contributed by atoms with Crippen molar-refractivity contribution in [2.75, 3.05) is 5.32 Å². The zero-order chi connectivity index (χ0) is 15.5. The number of aryl methyl sites for hydroxylation is 1. The lowest BCUT2D eigenvalue weighted by molar-refractivity contribution is 0.102. The van der Waals surface area contributed by atoms with Crippen molar-refractivity contribution >= 4 is 23.2 Å². The lowest BCUT2D eigenvalue weighted by Crippen LogP contribution is -2.12. The van der Waals surface area contributed by atoms with Crippen molar-refractivity contribution in [1.29, 1.82) is 0 Å². The van der Waals surface area contributed by atoms with Gasteiger partial charge in [-0.15, -0.1) is 10.2 Å². The number of amides is 1. The molecule has 6 heteroatoms. The molecular formula is C16H12ClN3O2. The highest BCUT2D eigenvalue weighted by Gasteiger charge is 2.10. The van der Waals surface area contributed by atoms with Crippen LogP contribution < -0.4 is 5.32 Å². The van der Waals surface area contributed by atoms with Crippen LogP contribution in [-0.2, 0) is 0 Å². The number of benzene rings is 2. The van der Waals surface area contributed by atoms with Crippen molar-refractivity contribution in [3.8, 4) is 11.5 Å². The van der Waals surface area contributed by atoms with Crippen molar-refractivity contribution in [3.05, 3.63) is 65.0 Å². The molecule has 5 nitrogen and oxygen atoms in total. The number of carbonyl (C=O) groups is 1. The Hall–Kier alpha value is -2.66. The van der Waals surface area contributed by atoms with Crippen molar-refractivity contribution < 1.29 is 9.21 Å². The standard InChI is InChI=1S/C16H12ClN3O2/c1-10-19-20-16(22-10)11-6-8-12(9-7-11)18-15(21)13-4-2-3-5-14(13)17/h2-9H,1H3,(H,18,21). The lowest BCUT2D eigenvalue weighted by atomic mass is 10.2. The second-order valence-corrected chi connectivity index (χ2v) is 5.04. The van der Waals surface area contributed by atoms with Gasteiger partial charge in [-0.1, -0.05) is 23.7 Å². The first kappa shape index (κ1) is 14.3. The van der Waals surface area contributed by atoms with Crippen LogP contribution in [0.3, 0.4) is 0 Å². The van der Waals surface area contributed by atoms with Crippen LogP contribution in [0.1, 0.15) is 16.2 Å². The number of halogens is 1.